The number of aryl methyl sites for hydroxylation is 1. The molecule has 46 heavy (non-hydrogen) atoms. The molecule has 7 N–H and O–H groups in total. The highest BCUT2D eigenvalue weighted by atomic mass is 16.3. The average Bonchev–Trinajstić information content (AvgIpc) is 3.52. The largest absolute Gasteiger partial charge is 0.508 e. The molecule has 0 saturated carbocycles. The maximum Gasteiger partial charge on any atom is 0.243 e. The van der Waals surface area contributed by atoms with Crippen LogP contribution in [0.2, 0.25) is 0 Å². The fourth-order valence-electron chi connectivity index (χ4n) is 6.11. The maximum atomic E-state index is 13.7. The van der Waals surface area contributed by atoms with E-state index in [-0.39, 0.29) is 36.8 Å². The molecule has 1 aliphatic heterocycles. The van der Waals surface area contributed by atoms with E-state index in [9.17, 15) is 24.3 Å². The van der Waals surface area contributed by atoms with Gasteiger partial charge in [-0.1, -0.05) is 74.5 Å². The normalized spacial score (nSPS) is 16.5. The van der Waals surface area contributed by atoms with E-state index >= 15 is 0 Å². The van der Waals surface area contributed by atoms with Crippen LogP contribution in [0.15, 0.2) is 72.8 Å². The number of benzene rings is 3. The van der Waals surface area contributed by atoms with E-state index in [1.807, 2.05) is 81.4 Å². The van der Waals surface area contributed by atoms with Gasteiger partial charge in [0.25, 0.3) is 0 Å². The zero-order valence-electron chi connectivity index (χ0n) is 26.7. The van der Waals surface area contributed by atoms with Crippen molar-refractivity contribution in [1.29, 1.82) is 0 Å². The minimum absolute atomic E-state index is 0.114. The second-order valence-electron chi connectivity index (χ2n) is 12.4. The molecule has 10 nitrogen and oxygen atoms in total. The van der Waals surface area contributed by atoms with Gasteiger partial charge in [0, 0.05) is 19.4 Å². The summed E-state index contributed by atoms with van der Waals surface area (Å²) in [5, 5.41) is 15.7. The van der Waals surface area contributed by atoms with Crippen LogP contribution >= 0.6 is 0 Å². The summed E-state index contributed by atoms with van der Waals surface area (Å²) in [6.45, 7) is 6.28. The molecule has 3 aromatic carbocycles. The molecule has 0 aromatic heterocycles. The number of phenols is 1. The van der Waals surface area contributed by atoms with Gasteiger partial charge in [0.15, 0.2) is 0 Å². The summed E-state index contributed by atoms with van der Waals surface area (Å²) in [7, 11) is 0. The quantitative estimate of drug-likeness (QED) is 0.195. The smallest absolute Gasteiger partial charge is 0.243 e. The molecule has 4 rings (SSSR count). The fraction of sp³-hybridized carbons (Fsp3) is 0.389. The minimum Gasteiger partial charge on any atom is -0.508 e. The van der Waals surface area contributed by atoms with Gasteiger partial charge in [-0.15, -0.1) is 0 Å². The molecule has 3 aromatic rings. The molecule has 4 amide bonds. The number of primary amides is 1. The van der Waals surface area contributed by atoms with Gasteiger partial charge in [0.2, 0.25) is 23.6 Å². The first kappa shape index (κ1) is 34.2. The molecule has 0 radical (unpaired) electrons. The summed E-state index contributed by atoms with van der Waals surface area (Å²) in [5.74, 6) is -1.76. The van der Waals surface area contributed by atoms with Crippen LogP contribution in [0.3, 0.4) is 0 Å². The molecule has 0 aliphatic carbocycles. The highest BCUT2D eigenvalue weighted by Crippen LogP contribution is 2.29. The topological polar surface area (TPSA) is 168 Å². The molecular weight excluding hydrogens is 582 g/mol. The van der Waals surface area contributed by atoms with Gasteiger partial charge in [-0.2, -0.15) is 0 Å². The van der Waals surface area contributed by atoms with Gasteiger partial charge < -0.3 is 32.1 Å². The molecule has 0 spiro atoms. The summed E-state index contributed by atoms with van der Waals surface area (Å²) in [6.07, 6.45) is 1.68. The van der Waals surface area contributed by atoms with Crippen molar-refractivity contribution in [2.75, 3.05) is 6.54 Å². The molecule has 0 unspecified atom stereocenters. The number of nitrogens with one attached hydrogen (secondary N) is 2. The lowest BCUT2D eigenvalue weighted by atomic mass is 9.89. The Morgan fingerprint density at radius 3 is 2.04 bits per heavy atom. The molecule has 1 saturated heterocycles. The van der Waals surface area contributed by atoms with Crippen molar-refractivity contribution in [3.63, 3.8) is 0 Å². The zero-order chi connectivity index (χ0) is 33.4. The van der Waals surface area contributed by atoms with Crippen LogP contribution in [0.1, 0.15) is 60.4 Å². The van der Waals surface area contributed by atoms with E-state index in [4.69, 9.17) is 11.5 Å². The molecule has 0 bridgehead atoms. The summed E-state index contributed by atoms with van der Waals surface area (Å²) >= 11 is 0. The van der Waals surface area contributed by atoms with Crippen LogP contribution in [0.5, 0.6) is 5.75 Å². The monoisotopic (exact) mass is 627 g/mol. The second-order valence-corrected chi connectivity index (χ2v) is 12.4. The lowest BCUT2D eigenvalue weighted by Crippen LogP contribution is -2.58. The Bertz CT molecular complexity index is 1530. The van der Waals surface area contributed by atoms with E-state index in [2.05, 4.69) is 10.6 Å². The van der Waals surface area contributed by atoms with Crippen LogP contribution in [0.4, 0.5) is 0 Å². The van der Waals surface area contributed by atoms with Gasteiger partial charge in [-0.3, -0.25) is 19.2 Å². The van der Waals surface area contributed by atoms with E-state index in [0.29, 0.717) is 19.4 Å². The zero-order valence-corrected chi connectivity index (χ0v) is 26.7. The summed E-state index contributed by atoms with van der Waals surface area (Å²) in [4.78, 5) is 54.9. The number of phenolic OH excluding ortho intramolecular Hbond substituents is 1. The molecule has 10 heteroatoms. The molecule has 1 heterocycles. The van der Waals surface area contributed by atoms with Gasteiger partial charge >= 0.3 is 0 Å². The number of nitrogens with zero attached hydrogens (tertiary/aromatic N) is 1. The first-order chi connectivity index (χ1) is 21.9. The third-order valence-electron chi connectivity index (χ3n) is 8.55. The van der Waals surface area contributed by atoms with Gasteiger partial charge in [0.05, 0.1) is 6.04 Å². The third-order valence-corrected chi connectivity index (χ3v) is 8.55. The van der Waals surface area contributed by atoms with Crippen molar-refractivity contribution < 1.29 is 24.3 Å². The number of rotatable bonds is 13. The number of amides is 4. The standard InChI is InChI=1S/C36H45N5O5/c1-22(2)27-20-26(42)17-23(3)28(27)21-29(37)36(46)41-16-10-15-32(41)35(45)40-31(19-25-13-8-5-9-14-25)34(44)39-30(33(38)43)18-24-11-6-4-7-12-24/h4-9,11-14,17,20,22,29-32,42H,10,15-16,18-19,21,37H2,1-3H3,(H2,38,43)(H,39,44)(H,40,45)/t29-,30-,31-,32-/m0/s1. The highest BCUT2D eigenvalue weighted by Gasteiger charge is 2.38. The first-order valence-corrected chi connectivity index (χ1v) is 15.8. The third kappa shape index (κ3) is 8.72. The first-order valence-electron chi connectivity index (χ1n) is 15.8. The number of hydrogen-bond acceptors (Lipinski definition) is 6. The highest BCUT2D eigenvalue weighted by molar-refractivity contribution is 5.95. The summed E-state index contributed by atoms with van der Waals surface area (Å²) in [5.41, 5.74) is 16.4. The average molecular weight is 628 g/mol. The van der Waals surface area contributed by atoms with Crippen molar-refractivity contribution in [2.24, 2.45) is 11.5 Å². The van der Waals surface area contributed by atoms with Crippen LogP contribution in [0, 0.1) is 6.92 Å². The van der Waals surface area contributed by atoms with Crippen molar-refractivity contribution in [3.05, 3.63) is 101 Å². The van der Waals surface area contributed by atoms with Crippen LogP contribution in [-0.2, 0) is 38.4 Å². The van der Waals surface area contributed by atoms with Crippen molar-refractivity contribution in [1.82, 2.24) is 15.5 Å². The van der Waals surface area contributed by atoms with Gasteiger partial charge in [-0.25, -0.2) is 0 Å². The minimum atomic E-state index is -1.02. The Kier molecular flexibility index (Phi) is 11.5. The van der Waals surface area contributed by atoms with Crippen molar-refractivity contribution in [3.8, 4) is 5.75 Å². The molecule has 1 fully saturated rings. The maximum absolute atomic E-state index is 13.7. The second kappa shape index (κ2) is 15.5. The van der Waals surface area contributed by atoms with Gasteiger partial charge in [0.1, 0.15) is 23.9 Å². The van der Waals surface area contributed by atoms with Crippen LogP contribution < -0.4 is 22.1 Å². The number of likely N-dealkylation sites (tertiary alicyclic amines) is 1. The van der Waals surface area contributed by atoms with Crippen LogP contribution in [-0.4, -0.2) is 64.3 Å². The Labute approximate surface area is 270 Å². The van der Waals surface area contributed by atoms with E-state index in [1.54, 1.807) is 12.1 Å². The number of carbonyl (C=O) groups excluding carboxylic acids is 4. The van der Waals surface area contributed by atoms with Crippen LogP contribution in [0.25, 0.3) is 0 Å². The number of carbonyl (C=O) groups is 4. The molecule has 244 valence electrons. The Hall–Kier alpha value is -4.70. The molecular formula is C36H45N5O5. The Balaban J connectivity index is 1.50. The lowest BCUT2D eigenvalue weighted by Gasteiger charge is -2.29. The molecule has 1 aliphatic rings. The SMILES string of the molecule is Cc1cc(O)cc(C(C)C)c1C[C@H](N)C(=O)N1CCC[C@H]1C(=O)N[C@@H](Cc1ccccc1)C(=O)N[C@@H](Cc1ccccc1)C(N)=O. The number of aromatic hydroxyl groups is 1. The molecule has 4 atom stereocenters. The van der Waals surface area contributed by atoms with E-state index < -0.39 is 41.9 Å². The van der Waals surface area contributed by atoms with E-state index in [0.717, 1.165) is 27.8 Å². The predicted octanol–water partition coefficient (Wildman–Crippen LogP) is 2.63. The Morgan fingerprint density at radius 2 is 1.48 bits per heavy atom. The number of nitrogens with two attached hydrogens (primary N) is 2. The Morgan fingerprint density at radius 1 is 0.891 bits per heavy atom. The summed E-state index contributed by atoms with van der Waals surface area (Å²) in [6, 6.07) is 18.1. The van der Waals surface area contributed by atoms with Crippen molar-refractivity contribution in [2.45, 2.75) is 83.0 Å². The number of hydrogen-bond donors (Lipinski definition) is 5. The van der Waals surface area contributed by atoms with E-state index in [1.165, 1.54) is 4.90 Å². The van der Waals surface area contributed by atoms with Crippen molar-refractivity contribution >= 4 is 23.6 Å². The fourth-order valence-corrected chi connectivity index (χ4v) is 6.11. The predicted molar refractivity (Wildman–Crippen MR) is 177 cm³/mol. The van der Waals surface area contributed by atoms with Gasteiger partial charge in [-0.05, 0) is 72.1 Å². The summed E-state index contributed by atoms with van der Waals surface area (Å²) < 4.78 is 0. The lowest BCUT2D eigenvalue weighted by molar-refractivity contribution is -0.140.